The Balaban J connectivity index is 2.17. The Hall–Kier alpha value is -1.03. The van der Waals surface area contributed by atoms with Gasteiger partial charge in [-0.3, -0.25) is 9.48 Å². The zero-order valence-electron chi connectivity index (χ0n) is 13.1. The Labute approximate surface area is 131 Å². The predicted octanol–water partition coefficient (Wildman–Crippen LogP) is 3.84. The molecule has 3 unspecified atom stereocenters. The monoisotopic (exact) mass is 312 g/mol. The van der Waals surface area contributed by atoms with Crippen LogP contribution in [0.2, 0.25) is 5.02 Å². The van der Waals surface area contributed by atoms with Gasteiger partial charge in [0.25, 0.3) is 0 Å². The summed E-state index contributed by atoms with van der Waals surface area (Å²) in [6.45, 7) is 4.08. The van der Waals surface area contributed by atoms with E-state index in [2.05, 4.69) is 12.0 Å². The molecule has 21 heavy (non-hydrogen) atoms. The van der Waals surface area contributed by atoms with E-state index in [0.717, 1.165) is 30.7 Å². The average Bonchev–Trinajstić information content (AvgIpc) is 2.66. The molecular weight excluding hydrogens is 288 g/mol. The third-order valence-corrected chi connectivity index (χ3v) is 5.31. The van der Waals surface area contributed by atoms with Crippen molar-refractivity contribution in [2.45, 2.75) is 52.4 Å². The van der Waals surface area contributed by atoms with Crippen molar-refractivity contribution in [3.05, 3.63) is 16.4 Å². The number of aromatic nitrogens is 2. The zero-order chi connectivity index (χ0) is 15.6. The van der Waals surface area contributed by atoms with Crippen LogP contribution in [0.3, 0.4) is 0 Å². The molecule has 1 aromatic rings. The number of aryl methyl sites for hydroxylation is 2. The van der Waals surface area contributed by atoms with Crippen LogP contribution in [0.25, 0.3) is 0 Å². The highest BCUT2D eigenvalue weighted by Gasteiger charge is 2.35. The van der Waals surface area contributed by atoms with Gasteiger partial charge in [-0.2, -0.15) is 5.10 Å². The second-order valence-electron chi connectivity index (χ2n) is 6.35. The molecule has 3 atom stereocenters. The minimum Gasteiger partial charge on any atom is -0.481 e. The third-order valence-electron chi connectivity index (χ3n) is 4.82. The van der Waals surface area contributed by atoms with Gasteiger partial charge in [0.05, 0.1) is 22.3 Å². The summed E-state index contributed by atoms with van der Waals surface area (Å²) in [6, 6.07) is 0. The maximum Gasteiger partial charge on any atom is 0.306 e. The van der Waals surface area contributed by atoms with Crippen LogP contribution < -0.4 is 0 Å². The van der Waals surface area contributed by atoms with Crippen LogP contribution in [0.15, 0.2) is 0 Å². The molecule has 0 aliphatic heterocycles. The fraction of sp³-hybridized carbons (Fsp3) is 0.750. The lowest BCUT2D eigenvalue weighted by Crippen LogP contribution is -2.32. The Morgan fingerprint density at radius 1 is 1.48 bits per heavy atom. The van der Waals surface area contributed by atoms with Crippen molar-refractivity contribution in [3.8, 4) is 0 Å². The van der Waals surface area contributed by atoms with Gasteiger partial charge in [0, 0.05) is 7.05 Å². The van der Waals surface area contributed by atoms with Gasteiger partial charge in [0.2, 0.25) is 0 Å². The molecule has 118 valence electrons. The second kappa shape index (κ2) is 6.82. The molecule has 0 bridgehead atoms. The van der Waals surface area contributed by atoms with Crippen molar-refractivity contribution >= 4 is 17.6 Å². The number of hydrogen-bond donors (Lipinski definition) is 1. The first-order valence-corrected chi connectivity index (χ1v) is 8.22. The number of carboxylic acids is 1. The summed E-state index contributed by atoms with van der Waals surface area (Å²) in [5.41, 5.74) is 1.80. The van der Waals surface area contributed by atoms with Crippen molar-refractivity contribution in [2.75, 3.05) is 0 Å². The summed E-state index contributed by atoms with van der Waals surface area (Å²) in [4.78, 5) is 11.5. The van der Waals surface area contributed by atoms with E-state index in [4.69, 9.17) is 11.6 Å². The van der Waals surface area contributed by atoms with E-state index in [0.29, 0.717) is 17.4 Å². The Morgan fingerprint density at radius 3 is 2.71 bits per heavy atom. The lowest BCUT2D eigenvalue weighted by molar-refractivity contribution is -0.145. The molecule has 1 fully saturated rings. The third kappa shape index (κ3) is 3.60. The average molecular weight is 313 g/mol. The van der Waals surface area contributed by atoms with E-state index in [1.165, 1.54) is 12.8 Å². The molecule has 1 N–H and O–H groups in total. The molecule has 0 saturated heterocycles. The molecule has 0 aromatic carbocycles. The van der Waals surface area contributed by atoms with Crippen LogP contribution in [-0.4, -0.2) is 20.9 Å². The van der Waals surface area contributed by atoms with Gasteiger partial charge >= 0.3 is 5.97 Å². The number of carboxylic acid groups (broad SMARTS) is 1. The predicted molar refractivity (Wildman–Crippen MR) is 83.5 cm³/mol. The number of aliphatic carboxylic acids is 1. The van der Waals surface area contributed by atoms with Gasteiger partial charge in [-0.15, -0.1) is 0 Å². The highest BCUT2D eigenvalue weighted by molar-refractivity contribution is 6.31. The second-order valence-corrected chi connectivity index (χ2v) is 6.72. The smallest absolute Gasteiger partial charge is 0.306 e. The van der Waals surface area contributed by atoms with E-state index in [9.17, 15) is 9.90 Å². The van der Waals surface area contributed by atoms with E-state index in [1.807, 2.05) is 14.0 Å². The normalized spacial score (nSPS) is 26.0. The van der Waals surface area contributed by atoms with Crippen molar-refractivity contribution in [1.82, 2.24) is 9.78 Å². The molecule has 0 spiro atoms. The van der Waals surface area contributed by atoms with Gasteiger partial charge in [-0.05, 0) is 44.4 Å². The molecular formula is C16H25ClN2O2. The Bertz CT molecular complexity index is 513. The minimum absolute atomic E-state index is 0.167. The first-order chi connectivity index (χ1) is 9.93. The van der Waals surface area contributed by atoms with E-state index >= 15 is 0 Å². The summed E-state index contributed by atoms with van der Waals surface area (Å²) in [5.74, 6) is -0.0851. The van der Waals surface area contributed by atoms with Crippen LogP contribution >= 0.6 is 11.6 Å². The van der Waals surface area contributed by atoms with E-state index in [1.54, 1.807) is 4.68 Å². The lowest BCUT2D eigenvalue weighted by Gasteiger charge is -2.34. The molecule has 1 saturated carbocycles. The summed E-state index contributed by atoms with van der Waals surface area (Å²) in [6.07, 6.45) is 5.90. The molecule has 1 aliphatic rings. The molecule has 1 aromatic heterocycles. The first-order valence-electron chi connectivity index (χ1n) is 7.84. The fourth-order valence-electron chi connectivity index (χ4n) is 3.73. The van der Waals surface area contributed by atoms with Gasteiger partial charge in [-0.25, -0.2) is 0 Å². The molecule has 1 aliphatic carbocycles. The van der Waals surface area contributed by atoms with Gasteiger partial charge < -0.3 is 5.11 Å². The van der Waals surface area contributed by atoms with Crippen molar-refractivity contribution in [3.63, 3.8) is 0 Å². The van der Waals surface area contributed by atoms with Crippen LogP contribution in [0.5, 0.6) is 0 Å². The Morgan fingerprint density at radius 2 is 2.19 bits per heavy atom. The fourth-order valence-corrected chi connectivity index (χ4v) is 3.97. The minimum atomic E-state index is -0.662. The number of hydrogen-bond acceptors (Lipinski definition) is 2. The molecule has 4 nitrogen and oxygen atoms in total. The first kappa shape index (κ1) is 16.3. The summed E-state index contributed by atoms with van der Waals surface area (Å²) < 4.78 is 1.81. The van der Waals surface area contributed by atoms with Gasteiger partial charge in [0.15, 0.2) is 0 Å². The number of halogens is 1. The SMILES string of the molecule is CCCC1CCC(C(=O)O)C(Cc2c(Cl)c(C)nn2C)C1. The van der Waals surface area contributed by atoms with Crippen LogP contribution in [-0.2, 0) is 18.3 Å². The zero-order valence-corrected chi connectivity index (χ0v) is 13.9. The van der Waals surface area contributed by atoms with Crippen LogP contribution in [0.4, 0.5) is 0 Å². The summed E-state index contributed by atoms with van der Waals surface area (Å²) in [7, 11) is 1.89. The van der Waals surface area contributed by atoms with Crippen molar-refractivity contribution in [1.29, 1.82) is 0 Å². The maximum absolute atomic E-state index is 11.5. The van der Waals surface area contributed by atoms with Crippen LogP contribution in [0.1, 0.15) is 50.4 Å². The van der Waals surface area contributed by atoms with Crippen molar-refractivity contribution < 1.29 is 9.90 Å². The summed E-state index contributed by atoms with van der Waals surface area (Å²) in [5, 5.41) is 14.5. The van der Waals surface area contributed by atoms with Gasteiger partial charge in [-0.1, -0.05) is 31.4 Å². The van der Waals surface area contributed by atoms with E-state index in [-0.39, 0.29) is 11.8 Å². The largest absolute Gasteiger partial charge is 0.481 e. The number of nitrogens with zero attached hydrogens (tertiary/aromatic N) is 2. The quantitative estimate of drug-likeness (QED) is 0.898. The standard InChI is InChI=1S/C16H25ClN2O2/c1-4-5-11-6-7-13(16(20)21)12(8-11)9-14-15(17)10(2)18-19(14)3/h11-13H,4-9H2,1-3H3,(H,20,21). The van der Waals surface area contributed by atoms with Crippen LogP contribution in [0, 0.1) is 24.7 Å². The maximum atomic E-state index is 11.5. The van der Waals surface area contributed by atoms with E-state index < -0.39 is 5.97 Å². The molecule has 1 heterocycles. The lowest BCUT2D eigenvalue weighted by atomic mass is 9.71. The highest BCUT2D eigenvalue weighted by atomic mass is 35.5. The Kier molecular flexibility index (Phi) is 5.31. The molecule has 0 radical (unpaired) electrons. The molecule has 5 heteroatoms. The van der Waals surface area contributed by atoms with Gasteiger partial charge in [0.1, 0.15) is 0 Å². The number of carbonyl (C=O) groups is 1. The number of rotatable bonds is 5. The molecule has 0 amide bonds. The van der Waals surface area contributed by atoms with Crippen molar-refractivity contribution in [2.24, 2.45) is 24.8 Å². The topological polar surface area (TPSA) is 55.1 Å². The molecule has 2 rings (SSSR count). The summed E-state index contributed by atoms with van der Waals surface area (Å²) >= 11 is 6.33. The highest BCUT2D eigenvalue weighted by Crippen LogP contribution is 2.39.